The third-order valence-corrected chi connectivity index (χ3v) is 8.65. The smallest absolute Gasteiger partial charge is 0.245 e. The van der Waals surface area contributed by atoms with Crippen molar-refractivity contribution in [3.05, 3.63) is 41.2 Å². The van der Waals surface area contributed by atoms with Gasteiger partial charge in [0.2, 0.25) is 11.8 Å². The summed E-state index contributed by atoms with van der Waals surface area (Å²) >= 11 is 5.88. The molecule has 0 aliphatic heterocycles. The van der Waals surface area contributed by atoms with E-state index in [0.29, 0.717) is 17.9 Å². The number of nitrogens with zero attached hydrogens (tertiary/aromatic N) is 7. The van der Waals surface area contributed by atoms with Crippen molar-refractivity contribution in [1.82, 2.24) is 34.7 Å². The Balaban J connectivity index is 1.81. The second kappa shape index (κ2) is 10.8. The average Bonchev–Trinajstić information content (AvgIpc) is 3.51. The summed E-state index contributed by atoms with van der Waals surface area (Å²) in [4.78, 5) is 16.5. The first kappa shape index (κ1) is 27.1. The molecule has 4 rings (SSSR count). The maximum Gasteiger partial charge on any atom is 0.245 e. The Labute approximate surface area is 219 Å². The minimum Gasteiger partial charge on any atom is -0.479 e. The Bertz CT molecular complexity index is 1320. The monoisotopic (exact) mass is 553 g/mol. The largest absolute Gasteiger partial charge is 0.479 e. The van der Waals surface area contributed by atoms with Crippen molar-refractivity contribution >= 4 is 21.4 Å². The van der Waals surface area contributed by atoms with Gasteiger partial charge in [0.05, 0.1) is 24.5 Å². The molecule has 1 aliphatic carbocycles. The minimum atomic E-state index is -3.95. The predicted molar refractivity (Wildman–Crippen MR) is 131 cm³/mol. The molecule has 37 heavy (non-hydrogen) atoms. The molecule has 15 heteroatoms. The molecule has 200 valence electrons. The molecule has 0 spiro atoms. The third-order valence-electron chi connectivity index (χ3n) is 6.41. The highest BCUT2D eigenvalue weighted by Crippen LogP contribution is 2.41. The predicted octanol–water partition coefficient (Wildman–Crippen LogP) is 1.97. The van der Waals surface area contributed by atoms with Gasteiger partial charge < -0.3 is 19.3 Å². The first-order valence-corrected chi connectivity index (χ1v) is 13.6. The van der Waals surface area contributed by atoms with Crippen molar-refractivity contribution in [3.8, 4) is 17.4 Å². The maximum absolute atomic E-state index is 13.6. The van der Waals surface area contributed by atoms with Gasteiger partial charge in [-0.15, -0.1) is 10.2 Å². The lowest BCUT2D eigenvalue weighted by molar-refractivity contribution is 0.0330. The summed E-state index contributed by atoms with van der Waals surface area (Å²) < 4.78 is 45.0. The van der Waals surface area contributed by atoms with Crippen molar-refractivity contribution in [2.24, 2.45) is 0 Å². The van der Waals surface area contributed by atoms with Crippen LogP contribution in [0, 0.1) is 0 Å². The van der Waals surface area contributed by atoms with Crippen LogP contribution in [-0.2, 0) is 25.9 Å². The van der Waals surface area contributed by atoms with Crippen molar-refractivity contribution in [3.63, 3.8) is 0 Å². The molecule has 1 saturated carbocycles. The van der Waals surface area contributed by atoms with Crippen LogP contribution in [0.1, 0.15) is 56.2 Å². The van der Waals surface area contributed by atoms with Crippen LogP contribution >= 0.6 is 11.6 Å². The van der Waals surface area contributed by atoms with Gasteiger partial charge in [-0.2, -0.15) is 9.97 Å². The Morgan fingerprint density at radius 2 is 1.65 bits per heavy atom. The fourth-order valence-electron chi connectivity index (χ4n) is 4.44. The summed E-state index contributed by atoms with van der Waals surface area (Å²) in [6.45, 7) is 1.50. The van der Waals surface area contributed by atoms with Crippen molar-refractivity contribution in [2.75, 3.05) is 21.3 Å². The third kappa shape index (κ3) is 5.23. The first-order chi connectivity index (χ1) is 17.6. The van der Waals surface area contributed by atoms with E-state index in [4.69, 9.17) is 25.8 Å². The van der Waals surface area contributed by atoms with Crippen LogP contribution in [0.4, 0.5) is 0 Å². The van der Waals surface area contributed by atoms with Gasteiger partial charge in [0.1, 0.15) is 23.8 Å². The zero-order valence-electron chi connectivity index (χ0n) is 20.8. The zero-order chi connectivity index (χ0) is 26.8. The van der Waals surface area contributed by atoms with Crippen LogP contribution in [0.5, 0.6) is 11.8 Å². The molecular formula is C22H28ClN7O6S. The fraction of sp³-hybridized carbons (Fsp3) is 0.545. The standard InChI is InChI=1S/C22H28ClN7O6S/c1-13(17(34-2)18-24-9-14(23)10-25-18)37(32,33)11-15-28-29-21(22(31)7-5-6-8-22)30(15)16-19(35-3)26-12-27-20(16)36-4/h9-10,12-13,17,31H,5-8,11H2,1-4H3/t13-,17-/m0/s1. The van der Waals surface area contributed by atoms with Crippen LogP contribution < -0.4 is 9.47 Å². The Morgan fingerprint density at radius 3 is 2.19 bits per heavy atom. The van der Waals surface area contributed by atoms with Gasteiger partial charge in [-0.1, -0.05) is 11.6 Å². The van der Waals surface area contributed by atoms with Gasteiger partial charge in [-0.3, -0.25) is 4.57 Å². The number of rotatable bonds is 10. The van der Waals surface area contributed by atoms with E-state index in [9.17, 15) is 13.5 Å². The second-order valence-electron chi connectivity index (χ2n) is 8.68. The van der Waals surface area contributed by atoms with Gasteiger partial charge >= 0.3 is 0 Å². The highest BCUT2D eigenvalue weighted by atomic mass is 35.5. The average molecular weight is 554 g/mol. The number of sulfone groups is 1. The summed E-state index contributed by atoms with van der Waals surface area (Å²) in [6, 6.07) is 0. The van der Waals surface area contributed by atoms with Crippen LogP contribution in [0.2, 0.25) is 5.02 Å². The van der Waals surface area contributed by atoms with Crippen LogP contribution in [0.25, 0.3) is 5.69 Å². The SMILES string of the molecule is COc1ncnc(OC)c1-n1c(CS(=O)(=O)[C@@H](C)[C@H](OC)c2ncc(Cl)cn2)nnc1C1(O)CCCC1. The van der Waals surface area contributed by atoms with E-state index in [0.717, 1.165) is 12.8 Å². The first-order valence-electron chi connectivity index (χ1n) is 11.5. The molecular weight excluding hydrogens is 526 g/mol. The molecule has 0 radical (unpaired) electrons. The molecule has 0 aromatic carbocycles. The van der Waals surface area contributed by atoms with E-state index in [1.165, 1.54) is 51.5 Å². The Hall–Kier alpha value is -2.94. The summed E-state index contributed by atoms with van der Waals surface area (Å²) in [5.74, 6) is 0.0200. The van der Waals surface area contributed by atoms with Gasteiger partial charge in [0.15, 0.2) is 33.0 Å². The van der Waals surface area contributed by atoms with Crippen molar-refractivity contribution < 1.29 is 27.7 Å². The van der Waals surface area contributed by atoms with Gasteiger partial charge in [0, 0.05) is 19.5 Å². The van der Waals surface area contributed by atoms with Crippen LogP contribution in [-0.4, -0.2) is 74.8 Å². The quantitative estimate of drug-likeness (QED) is 0.388. The molecule has 3 aromatic rings. The highest BCUT2D eigenvalue weighted by Gasteiger charge is 2.42. The topological polar surface area (TPSA) is 164 Å². The van der Waals surface area contributed by atoms with Gasteiger partial charge in [0.25, 0.3) is 0 Å². The number of aromatic nitrogens is 7. The number of methoxy groups -OCH3 is 3. The molecule has 1 N–H and O–H groups in total. The summed E-state index contributed by atoms with van der Waals surface area (Å²) in [5.41, 5.74) is -1.13. The van der Waals surface area contributed by atoms with E-state index in [1.807, 2.05) is 0 Å². The number of hydrogen-bond donors (Lipinski definition) is 1. The molecule has 1 fully saturated rings. The summed E-state index contributed by atoms with van der Waals surface area (Å²) in [7, 11) is 0.249. The number of halogens is 1. The molecule has 0 amide bonds. The van der Waals surface area contributed by atoms with E-state index in [-0.39, 0.29) is 34.9 Å². The molecule has 3 heterocycles. The molecule has 1 aliphatic rings. The Kier molecular flexibility index (Phi) is 7.92. The number of hydrogen-bond acceptors (Lipinski definition) is 12. The second-order valence-corrected chi connectivity index (χ2v) is 11.5. The van der Waals surface area contributed by atoms with Crippen LogP contribution in [0.15, 0.2) is 18.7 Å². The molecule has 13 nitrogen and oxygen atoms in total. The zero-order valence-corrected chi connectivity index (χ0v) is 22.4. The molecule has 2 atom stereocenters. The van der Waals surface area contributed by atoms with Crippen molar-refractivity contribution in [1.29, 1.82) is 0 Å². The van der Waals surface area contributed by atoms with E-state index in [2.05, 4.69) is 30.1 Å². The lowest BCUT2D eigenvalue weighted by Crippen LogP contribution is -2.31. The van der Waals surface area contributed by atoms with E-state index in [1.54, 1.807) is 0 Å². The Morgan fingerprint density at radius 1 is 1.05 bits per heavy atom. The molecule has 0 saturated heterocycles. The molecule has 0 bridgehead atoms. The van der Waals surface area contributed by atoms with E-state index >= 15 is 0 Å². The number of aliphatic hydroxyl groups is 1. The highest BCUT2D eigenvalue weighted by molar-refractivity contribution is 7.91. The normalized spacial score (nSPS) is 16.9. The lowest BCUT2D eigenvalue weighted by Gasteiger charge is -2.24. The molecule has 3 aromatic heterocycles. The van der Waals surface area contributed by atoms with Crippen LogP contribution in [0.3, 0.4) is 0 Å². The van der Waals surface area contributed by atoms with Crippen molar-refractivity contribution in [2.45, 2.75) is 55.3 Å². The van der Waals surface area contributed by atoms with Gasteiger partial charge in [-0.05, 0) is 32.6 Å². The maximum atomic E-state index is 13.6. The lowest BCUT2D eigenvalue weighted by atomic mass is 10.0. The summed E-state index contributed by atoms with van der Waals surface area (Å²) in [5, 5.41) is 19.1. The van der Waals surface area contributed by atoms with E-state index < -0.39 is 32.5 Å². The number of ether oxygens (including phenoxy) is 3. The molecule has 0 unspecified atom stereocenters. The fourth-order valence-corrected chi connectivity index (χ4v) is 5.96. The minimum absolute atomic E-state index is 0.0282. The van der Waals surface area contributed by atoms with Gasteiger partial charge in [-0.25, -0.2) is 18.4 Å². The summed E-state index contributed by atoms with van der Waals surface area (Å²) in [6.07, 6.45) is 5.46.